The number of rotatable bonds is 7. The third-order valence-electron chi connectivity index (χ3n) is 9.60. The molecule has 2 aromatic carbocycles. The van der Waals surface area contributed by atoms with E-state index in [4.69, 9.17) is 4.84 Å². The number of fused-ring (bicyclic) bond motifs is 2. The first-order chi connectivity index (χ1) is 22.9. The summed E-state index contributed by atoms with van der Waals surface area (Å²) in [6, 6.07) is 5.70. The first-order valence-corrected chi connectivity index (χ1v) is 19.6. The average molecular weight is 694 g/mol. The summed E-state index contributed by atoms with van der Waals surface area (Å²) in [7, 11) is -2.55. The molecule has 2 amide bonds. The van der Waals surface area contributed by atoms with Gasteiger partial charge in [-0.05, 0) is 51.7 Å². The van der Waals surface area contributed by atoms with Gasteiger partial charge in [-0.15, -0.1) is 16.8 Å². The maximum atomic E-state index is 16.8. The number of thioether (sulfide) groups is 1. The number of hydroxylamine groups is 2. The lowest BCUT2D eigenvalue weighted by Crippen LogP contribution is -2.50. The summed E-state index contributed by atoms with van der Waals surface area (Å²) in [5.74, 6) is -10.6. The van der Waals surface area contributed by atoms with Crippen LogP contribution in [0.3, 0.4) is 0 Å². The van der Waals surface area contributed by atoms with E-state index in [0.29, 0.717) is 16.2 Å². The van der Waals surface area contributed by atoms with E-state index in [1.54, 1.807) is 12.1 Å². The number of carboxylic acids is 1. The second kappa shape index (κ2) is 11.9. The van der Waals surface area contributed by atoms with E-state index in [2.05, 4.69) is 22.6 Å². The van der Waals surface area contributed by atoms with Gasteiger partial charge in [0.2, 0.25) is 0 Å². The van der Waals surface area contributed by atoms with E-state index in [1.165, 1.54) is 0 Å². The Balaban J connectivity index is 1.40. The third kappa shape index (κ3) is 5.12. The molecule has 0 unspecified atom stereocenters. The zero-order valence-corrected chi connectivity index (χ0v) is 28.0. The van der Waals surface area contributed by atoms with Gasteiger partial charge >= 0.3 is 5.97 Å². The monoisotopic (exact) mass is 693 g/mol. The van der Waals surface area contributed by atoms with E-state index >= 15 is 13.2 Å². The standard InChI is InChI=1S/C34H30F3N3O6SSi/c1-48(2)22-15-18(38-11-3-12-38)5-7-20(22)27(21-8-6-19(16-23(21)48)39-13-4-14-39)28-29(34(44)45)30(35)32(37)33(31(28)36)47-17-26(43)46-40-24(41)9-10-25(40)42/h5-8,15-16H,3-4,9-14,17H2,1-2H3. The third-order valence-corrected chi connectivity index (χ3v) is 14.1. The molecule has 248 valence electrons. The Bertz CT molecular complexity index is 1960. The summed E-state index contributed by atoms with van der Waals surface area (Å²) in [6.07, 6.45) is 7.49. The van der Waals surface area contributed by atoms with Gasteiger partial charge in [0, 0.05) is 54.9 Å². The van der Waals surface area contributed by atoms with Gasteiger partial charge in [-0.2, -0.15) is 0 Å². The lowest BCUT2D eigenvalue weighted by Gasteiger charge is -2.40. The van der Waals surface area contributed by atoms with Gasteiger partial charge in [-0.1, -0.05) is 19.2 Å². The minimum atomic E-state index is -2.55. The smallest absolute Gasteiger partial charge is 0.343 e. The Morgan fingerprint density at radius 2 is 1.71 bits per heavy atom. The van der Waals surface area contributed by atoms with Crippen molar-refractivity contribution < 1.29 is 46.9 Å². The van der Waals surface area contributed by atoms with Crippen molar-refractivity contribution in [3.8, 4) is 0 Å². The van der Waals surface area contributed by atoms with E-state index in [-0.39, 0.29) is 30.2 Å². The molecule has 3 fully saturated rings. The normalized spacial score (nSPS) is 19.6. The highest BCUT2D eigenvalue weighted by Gasteiger charge is 2.43. The Labute approximate surface area is 279 Å². The minimum absolute atomic E-state index is 0.0884. The van der Waals surface area contributed by atoms with Crippen molar-refractivity contribution in [1.29, 1.82) is 0 Å². The second-order valence-corrected chi connectivity index (χ2v) is 18.1. The van der Waals surface area contributed by atoms with Crippen LogP contribution in [0.15, 0.2) is 52.1 Å². The van der Waals surface area contributed by atoms with E-state index < -0.39 is 71.1 Å². The van der Waals surface area contributed by atoms with E-state index in [9.17, 15) is 24.3 Å². The first kappa shape index (κ1) is 32.1. The number of hydrogen-bond acceptors (Lipinski definition) is 8. The number of hydrogen-bond donors (Lipinski definition) is 0. The molecule has 9 nitrogen and oxygen atoms in total. The fourth-order valence-electron chi connectivity index (χ4n) is 6.75. The fourth-order valence-corrected chi connectivity index (χ4v) is 10.6. The van der Waals surface area contributed by atoms with E-state index in [0.717, 1.165) is 60.8 Å². The van der Waals surface area contributed by atoms with Gasteiger partial charge in [0.25, 0.3) is 11.8 Å². The summed E-state index contributed by atoms with van der Waals surface area (Å²) in [5.41, 5.74) is 1.09. The highest BCUT2D eigenvalue weighted by Crippen LogP contribution is 2.46. The summed E-state index contributed by atoms with van der Waals surface area (Å²) >= 11 is 0.231. The number of benzene rings is 2. The first-order valence-electron chi connectivity index (χ1n) is 15.7. The molecule has 0 aromatic heterocycles. The molecule has 0 saturated carbocycles. The number of carbonyl (C=O) groups is 4. The van der Waals surface area contributed by atoms with Crippen molar-refractivity contribution in [1.82, 2.24) is 5.06 Å². The van der Waals surface area contributed by atoms with Crippen LogP contribution in [0.1, 0.15) is 47.2 Å². The summed E-state index contributed by atoms with van der Waals surface area (Å²) in [6.45, 7) is 7.83. The molecule has 0 atom stereocenters. The lowest BCUT2D eigenvalue weighted by atomic mass is 9.86. The number of imide groups is 1. The van der Waals surface area contributed by atoms with Gasteiger partial charge in [0.05, 0.1) is 23.0 Å². The molecule has 7 rings (SSSR count). The van der Waals surface area contributed by atoms with Crippen LogP contribution in [0.4, 0.5) is 18.9 Å². The van der Waals surface area contributed by atoms with Crippen molar-refractivity contribution >= 4 is 65.7 Å². The van der Waals surface area contributed by atoms with Crippen LogP contribution in [-0.4, -0.2) is 79.1 Å². The molecule has 0 radical (unpaired) electrons. The van der Waals surface area contributed by atoms with Crippen LogP contribution in [-0.2, 0) is 19.2 Å². The highest BCUT2D eigenvalue weighted by molar-refractivity contribution is 8.00. The van der Waals surface area contributed by atoms with Gasteiger partial charge in [0.1, 0.15) is 27.0 Å². The number of halogens is 3. The van der Waals surface area contributed by atoms with Crippen LogP contribution in [0.2, 0.25) is 13.1 Å². The molecule has 4 heterocycles. The zero-order chi connectivity index (χ0) is 34.1. The Morgan fingerprint density at radius 1 is 1.00 bits per heavy atom. The number of carbonyl (C=O) groups excluding carboxylic acids is 4. The SMILES string of the molecule is C[Si]1(C)C2=CC(=[N+]3CCC3)C=CC2=C(c2c(F)c(SCC(=O)ON3C(=O)CCC3=O)c(F)c(F)c2C(=O)[O-])c2ccc(N3CCC3)cc21. The fraction of sp³-hybridized carbons (Fsp3) is 0.324. The molecule has 14 heteroatoms. The number of amides is 2. The molecule has 0 bridgehead atoms. The molecule has 2 aromatic rings. The molecular weight excluding hydrogens is 664 g/mol. The summed E-state index contributed by atoms with van der Waals surface area (Å²) < 4.78 is 50.3. The maximum Gasteiger partial charge on any atom is 0.343 e. The van der Waals surface area contributed by atoms with Crippen molar-refractivity contribution in [3.05, 3.63) is 81.3 Å². The maximum absolute atomic E-state index is 16.8. The topological polar surface area (TPSA) is 110 Å². The largest absolute Gasteiger partial charge is 0.545 e. The molecular formula is C34H30F3N3O6SSi. The molecule has 0 N–H and O–H groups in total. The summed E-state index contributed by atoms with van der Waals surface area (Å²) in [4.78, 5) is 54.8. The van der Waals surface area contributed by atoms with Crippen molar-refractivity contribution in [2.24, 2.45) is 0 Å². The molecule has 48 heavy (non-hydrogen) atoms. The van der Waals surface area contributed by atoms with Crippen LogP contribution < -0.4 is 15.2 Å². The van der Waals surface area contributed by atoms with Crippen LogP contribution in [0.25, 0.3) is 5.57 Å². The van der Waals surface area contributed by atoms with Gasteiger partial charge in [0.15, 0.2) is 17.3 Å². The van der Waals surface area contributed by atoms with Gasteiger partial charge < -0.3 is 19.6 Å². The molecule has 1 aliphatic carbocycles. The van der Waals surface area contributed by atoms with Crippen LogP contribution >= 0.6 is 11.8 Å². The number of carboxylic acid groups (broad SMARTS) is 1. The van der Waals surface area contributed by atoms with Crippen molar-refractivity contribution in [2.45, 2.75) is 43.7 Å². The van der Waals surface area contributed by atoms with Gasteiger partial charge in [-0.3, -0.25) is 9.59 Å². The van der Waals surface area contributed by atoms with Crippen LogP contribution in [0, 0.1) is 17.5 Å². The van der Waals surface area contributed by atoms with Crippen LogP contribution in [0.5, 0.6) is 0 Å². The quantitative estimate of drug-likeness (QED) is 0.143. The molecule has 0 spiro atoms. The second-order valence-electron chi connectivity index (χ2n) is 12.8. The predicted octanol–water partition coefficient (Wildman–Crippen LogP) is 3.00. The van der Waals surface area contributed by atoms with Crippen molar-refractivity contribution in [2.75, 3.05) is 36.8 Å². The zero-order valence-electron chi connectivity index (χ0n) is 26.2. The van der Waals surface area contributed by atoms with Gasteiger partial charge in [-0.25, -0.2) is 22.5 Å². The summed E-state index contributed by atoms with van der Waals surface area (Å²) in [5, 5.41) is 14.6. The Hall–Kier alpha value is -4.43. The molecule has 5 aliphatic rings. The van der Waals surface area contributed by atoms with E-state index in [1.807, 2.05) is 24.3 Å². The number of aromatic carboxylic acids is 1. The average Bonchev–Trinajstić information content (AvgIpc) is 3.30. The number of nitrogens with zero attached hydrogens (tertiary/aromatic N) is 3. The Kier molecular flexibility index (Phi) is 7.98. The lowest BCUT2D eigenvalue weighted by molar-refractivity contribution is -0.582. The highest BCUT2D eigenvalue weighted by atomic mass is 32.2. The number of anilines is 1. The predicted molar refractivity (Wildman–Crippen MR) is 172 cm³/mol. The number of allylic oxidation sites excluding steroid dienone is 5. The van der Waals surface area contributed by atoms with Crippen molar-refractivity contribution in [3.63, 3.8) is 0 Å². The molecule has 3 saturated heterocycles. The minimum Gasteiger partial charge on any atom is -0.545 e. The Morgan fingerprint density at radius 3 is 2.31 bits per heavy atom. The molecule has 4 aliphatic heterocycles.